The van der Waals surface area contributed by atoms with Crippen molar-refractivity contribution in [2.75, 3.05) is 18.0 Å². The van der Waals surface area contributed by atoms with Gasteiger partial charge in [0, 0.05) is 42.9 Å². The minimum atomic E-state index is -0.543. The van der Waals surface area contributed by atoms with Gasteiger partial charge in [-0.05, 0) is 31.9 Å². The van der Waals surface area contributed by atoms with Crippen molar-refractivity contribution < 1.29 is 14.3 Å². The second-order valence-corrected chi connectivity index (χ2v) is 8.02. The first-order valence-electron chi connectivity index (χ1n) is 10.6. The Morgan fingerprint density at radius 2 is 2.12 bits per heavy atom. The summed E-state index contributed by atoms with van der Waals surface area (Å²) in [6.45, 7) is 6.82. The predicted molar refractivity (Wildman–Crippen MR) is 118 cm³/mol. The number of aromatic nitrogens is 5. The average Bonchev–Trinajstić information content (AvgIpc) is 3.33. The van der Waals surface area contributed by atoms with Crippen LogP contribution in [0, 0.1) is 10.1 Å². The second-order valence-electron chi connectivity index (χ2n) is 8.02. The number of nitrogens with zero attached hydrogens (tertiary/aromatic N) is 8. The van der Waals surface area contributed by atoms with Gasteiger partial charge in [0.05, 0.1) is 10.6 Å². The number of nitro groups is 1. The Morgan fingerprint density at radius 1 is 1.33 bits per heavy atom. The minimum absolute atomic E-state index is 0.101. The van der Waals surface area contributed by atoms with Gasteiger partial charge in [-0.1, -0.05) is 24.2 Å². The predicted octanol–water partition coefficient (Wildman–Crippen LogP) is 3.47. The highest BCUT2D eigenvalue weighted by Crippen LogP contribution is 2.37. The molecule has 0 bridgehead atoms. The molecule has 3 aromatic rings. The summed E-state index contributed by atoms with van der Waals surface area (Å²) < 4.78 is 5.43. The van der Waals surface area contributed by atoms with E-state index in [0.29, 0.717) is 43.4 Å². The van der Waals surface area contributed by atoms with E-state index >= 15 is 0 Å². The van der Waals surface area contributed by atoms with E-state index in [1.807, 2.05) is 24.8 Å². The van der Waals surface area contributed by atoms with Gasteiger partial charge < -0.3 is 14.3 Å². The van der Waals surface area contributed by atoms with Crippen LogP contribution in [0.25, 0.3) is 0 Å². The van der Waals surface area contributed by atoms with Gasteiger partial charge in [0.1, 0.15) is 6.33 Å². The van der Waals surface area contributed by atoms with Gasteiger partial charge in [0.25, 0.3) is 0 Å². The van der Waals surface area contributed by atoms with Crippen LogP contribution in [0.4, 0.5) is 11.5 Å². The largest absolute Gasteiger partial charge is 0.375 e. The fraction of sp³-hybridized carbons (Fsp3) is 0.429. The van der Waals surface area contributed by atoms with Crippen LogP contribution in [0.2, 0.25) is 0 Å². The third-order valence-electron chi connectivity index (χ3n) is 5.42. The number of piperidine rings is 1. The van der Waals surface area contributed by atoms with Crippen molar-refractivity contribution in [1.82, 2.24) is 25.1 Å². The maximum Gasteiger partial charge on any atom is 0.375 e. The quantitative estimate of drug-likeness (QED) is 0.296. The molecule has 4 heterocycles. The Morgan fingerprint density at radius 3 is 2.76 bits per heavy atom. The van der Waals surface area contributed by atoms with Crippen molar-refractivity contribution in [2.24, 2.45) is 5.16 Å². The van der Waals surface area contributed by atoms with E-state index in [-0.39, 0.29) is 29.2 Å². The van der Waals surface area contributed by atoms with E-state index < -0.39 is 4.92 Å². The molecule has 0 unspecified atom stereocenters. The summed E-state index contributed by atoms with van der Waals surface area (Å²) >= 11 is 0. The minimum Gasteiger partial charge on any atom is -0.351 e. The number of pyridine rings is 1. The van der Waals surface area contributed by atoms with Crippen molar-refractivity contribution in [1.29, 1.82) is 0 Å². The van der Waals surface area contributed by atoms with E-state index in [1.165, 1.54) is 6.33 Å². The van der Waals surface area contributed by atoms with Gasteiger partial charge in [-0.25, -0.2) is 4.98 Å². The van der Waals surface area contributed by atoms with Crippen molar-refractivity contribution in [3.05, 3.63) is 58.2 Å². The first kappa shape index (κ1) is 22.2. The zero-order valence-corrected chi connectivity index (χ0v) is 18.6. The monoisotopic (exact) mass is 452 g/mol. The normalized spacial score (nSPS) is 15.2. The molecule has 3 aromatic heterocycles. The number of anilines is 1. The smallest absolute Gasteiger partial charge is 0.351 e. The molecule has 12 heteroatoms. The zero-order valence-electron chi connectivity index (χ0n) is 18.6. The number of hydrogen-bond acceptors (Lipinski definition) is 11. The van der Waals surface area contributed by atoms with Crippen molar-refractivity contribution in [3.63, 3.8) is 0 Å². The lowest BCUT2D eigenvalue weighted by Crippen LogP contribution is -2.34. The molecular formula is C21H24N8O4. The Labute approximate surface area is 189 Å². The fourth-order valence-electron chi connectivity index (χ4n) is 3.54. The van der Waals surface area contributed by atoms with Gasteiger partial charge in [0.2, 0.25) is 11.7 Å². The summed E-state index contributed by atoms with van der Waals surface area (Å²) in [4.78, 5) is 35.2. The third kappa shape index (κ3) is 4.94. The van der Waals surface area contributed by atoms with Crippen LogP contribution in [-0.2, 0) is 0 Å². The maximum absolute atomic E-state index is 11.9. The summed E-state index contributed by atoms with van der Waals surface area (Å²) in [7, 11) is 0. The molecule has 1 saturated heterocycles. The van der Waals surface area contributed by atoms with Crippen LogP contribution in [0.15, 0.2) is 40.5 Å². The standard InChI is InChI=1S/C21H24N8O4/c1-13(2)18-25-20(32-27-18)15-6-9-28(10-7-15)19-17(29(30)31)21(24-12-23-19)33-26-14(3)16-5-4-8-22-11-16/h4-5,8,11-13,15H,6-7,9-10H2,1-3H3/b26-14-. The highest BCUT2D eigenvalue weighted by molar-refractivity contribution is 5.98. The lowest BCUT2D eigenvalue weighted by atomic mass is 9.96. The highest BCUT2D eigenvalue weighted by Gasteiger charge is 2.33. The Balaban J connectivity index is 1.51. The molecule has 4 rings (SSSR count). The molecule has 0 amide bonds. The molecule has 1 aliphatic heterocycles. The summed E-state index contributed by atoms with van der Waals surface area (Å²) in [6, 6.07) is 3.58. The summed E-state index contributed by atoms with van der Waals surface area (Å²) in [5.74, 6) is 1.57. The average molecular weight is 452 g/mol. The lowest BCUT2D eigenvalue weighted by molar-refractivity contribution is -0.385. The van der Waals surface area contributed by atoms with Crippen LogP contribution in [0.5, 0.6) is 5.88 Å². The van der Waals surface area contributed by atoms with Crippen LogP contribution in [0.3, 0.4) is 0 Å². The number of rotatable bonds is 7. The van der Waals surface area contributed by atoms with E-state index in [0.717, 1.165) is 5.56 Å². The molecule has 0 radical (unpaired) electrons. The first-order chi connectivity index (χ1) is 15.9. The molecule has 0 aliphatic carbocycles. The Bertz CT molecular complexity index is 1140. The second kappa shape index (κ2) is 9.67. The Kier molecular flexibility index (Phi) is 6.52. The summed E-state index contributed by atoms with van der Waals surface area (Å²) in [6.07, 6.45) is 5.92. The molecule has 0 saturated carbocycles. The van der Waals surface area contributed by atoms with Gasteiger partial charge in [-0.2, -0.15) is 9.97 Å². The van der Waals surface area contributed by atoms with Crippen LogP contribution in [0.1, 0.15) is 62.7 Å². The van der Waals surface area contributed by atoms with Gasteiger partial charge in [-0.15, -0.1) is 0 Å². The lowest BCUT2D eigenvalue weighted by Gasteiger charge is -2.30. The molecule has 1 aliphatic rings. The van der Waals surface area contributed by atoms with Gasteiger partial charge in [-0.3, -0.25) is 15.1 Å². The van der Waals surface area contributed by atoms with Gasteiger partial charge in [0.15, 0.2) is 5.82 Å². The molecule has 0 spiro atoms. The fourth-order valence-corrected chi connectivity index (χ4v) is 3.54. The summed E-state index contributed by atoms with van der Waals surface area (Å²) in [5.41, 5.74) is 0.926. The number of hydrogen-bond donors (Lipinski definition) is 0. The molecule has 0 N–H and O–H groups in total. The van der Waals surface area contributed by atoms with Gasteiger partial charge >= 0.3 is 11.6 Å². The molecule has 0 aromatic carbocycles. The molecule has 172 valence electrons. The SMILES string of the molecule is C/C(=N/Oc1ncnc(N2CCC(c3nc(C(C)C)no3)CC2)c1[N+](=O)[O-])c1cccnc1. The highest BCUT2D eigenvalue weighted by atomic mass is 16.7. The van der Waals surface area contributed by atoms with E-state index in [2.05, 4.69) is 30.2 Å². The third-order valence-corrected chi connectivity index (χ3v) is 5.42. The van der Waals surface area contributed by atoms with Crippen molar-refractivity contribution in [3.8, 4) is 5.88 Å². The molecular weight excluding hydrogens is 428 g/mol. The van der Waals surface area contributed by atoms with Crippen molar-refractivity contribution in [2.45, 2.75) is 45.4 Å². The maximum atomic E-state index is 11.9. The van der Waals surface area contributed by atoms with Crippen LogP contribution < -0.4 is 9.74 Å². The van der Waals surface area contributed by atoms with E-state index in [4.69, 9.17) is 9.36 Å². The molecule has 0 atom stereocenters. The van der Waals surface area contributed by atoms with Crippen LogP contribution in [-0.4, -0.2) is 48.8 Å². The first-order valence-corrected chi connectivity index (χ1v) is 10.6. The van der Waals surface area contributed by atoms with E-state index in [1.54, 1.807) is 25.4 Å². The molecule has 33 heavy (non-hydrogen) atoms. The summed E-state index contributed by atoms with van der Waals surface area (Å²) in [5, 5.41) is 19.9. The van der Waals surface area contributed by atoms with Crippen molar-refractivity contribution >= 4 is 17.2 Å². The number of oxime groups is 1. The Hall–Kier alpha value is -3.96. The zero-order chi connectivity index (χ0) is 23.4. The molecule has 1 fully saturated rings. The van der Waals surface area contributed by atoms with Crippen LogP contribution >= 0.6 is 0 Å². The van der Waals surface area contributed by atoms with E-state index in [9.17, 15) is 10.1 Å². The topological polar surface area (TPSA) is 146 Å². The molecule has 12 nitrogen and oxygen atoms in total.